The summed E-state index contributed by atoms with van der Waals surface area (Å²) in [4.78, 5) is 51.6. The fraction of sp³-hybridized carbons (Fsp3) is 0.500. The van der Waals surface area contributed by atoms with Gasteiger partial charge in [-0.25, -0.2) is 0 Å². The van der Waals surface area contributed by atoms with Crippen molar-refractivity contribution in [3.05, 3.63) is 72.8 Å². The molecule has 1 N–H and O–H groups in total. The van der Waals surface area contributed by atoms with Crippen LogP contribution < -0.4 is 19.4 Å². The van der Waals surface area contributed by atoms with Crippen molar-refractivity contribution in [3.63, 3.8) is 0 Å². The maximum Gasteiger partial charge on any atom is 0.253 e. The highest BCUT2D eigenvalue weighted by molar-refractivity contribution is 6.07. The molecule has 0 aromatic heterocycles. The van der Waals surface area contributed by atoms with Gasteiger partial charge in [0, 0.05) is 56.4 Å². The van der Waals surface area contributed by atoms with Crippen LogP contribution >= 0.6 is 0 Å². The van der Waals surface area contributed by atoms with Gasteiger partial charge in [-0.15, -0.1) is 0 Å². The van der Waals surface area contributed by atoms with E-state index >= 15 is 0 Å². The molecule has 4 heterocycles. The highest BCUT2D eigenvalue weighted by atomic mass is 16.5. The molecule has 4 aliphatic rings. The fourth-order valence-corrected chi connectivity index (χ4v) is 8.18. The third-order valence-electron chi connectivity index (χ3n) is 10.5. The van der Waals surface area contributed by atoms with Crippen LogP contribution in [0.15, 0.2) is 72.8 Å². The number of fused-ring (bicyclic) bond motifs is 2. The van der Waals surface area contributed by atoms with E-state index in [1.54, 1.807) is 14.7 Å². The minimum Gasteiger partial charge on any atom is -0.494 e. The topological polar surface area (TPSA) is 103 Å². The van der Waals surface area contributed by atoms with Crippen LogP contribution in [-0.4, -0.2) is 90.9 Å². The third-order valence-corrected chi connectivity index (χ3v) is 10.5. The Labute approximate surface area is 283 Å². The zero-order valence-corrected chi connectivity index (χ0v) is 28.5. The lowest BCUT2D eigenvalue weighted by Gasteiger charge is -2.38. The fourth-order valence-electron chi connectivity index (χ4n) is 8.18. The number of hydrogen-bond acceptors (Lipinski definition) is 7. The molecule has 2 fully saturated rings. The molecule has 2 saturated heterocycles. The monoisotopic (exact) mass is 656 g/mol. The molecule has 10 nitrogen and oxygen atoms in total. The van der Waals surface area contributed by atoms with E-state index in [-0.39, 0.29) is 30.9 Å². The second kappa shape index (κ2) is 13.8. The van der Waals surface area contributed by atoms with Gasteiger partial charge >= 0.3 is 0 Å². The molecule has 1 spiro atoms. The van der Waals surface area contributed by atoms with E-state index in [1.807, 2.05) is 86.7 Å². The molecule has 10 heteroatoms. The number of benzene rings is 2. The molecule has 0 aliphatic carbocycles. The Balaban J connectivity index is 1.41. The van der Waals surface area contributed by atoms with Crippen molar-refractivity contribution < 1.29 is 29.0 Å². The van der Waals surface area contributed by atoms with Crippen LogP contribution in [0.5, 0.6) is 5.75 Å². The number of carbonyl (C=O) groups excluding carboxylic acids is 3. The number of likely N-dealkylation sites (tertiary alicyclic amines) is 1. The van der Waals surface area contributed by atoms with Gasteiger partial charge in [0.05, 0.1) is 24.0 Å². The summed E-state index contributed by atoms with van der Waals surface area (Å²) < 4.78 is 12.7. The third kappa shape index (κ3) is 5.48. The van der Waals surface area contributed by atoms with Crippen LogP contribution in [0.25, 0.3) is 0 Å². The first-order valence-corrected chi connectivity index (χ1v) is 17.5. The minimum absolute atomic E-state index is 0.0154. The van der Waals surface area contributed by atoms with E-state index in [4.69, 9.17) is 9.47 Å². The van der Waals surface area contributed by atoms with Crippen LogP contribution in [-0.2, 0) is 19.1 Å². The molecule has 0 bridgehead atoms. The molecule has 48 heavy (non-hydrogen) atoms. The summed E-state index contributed by atoms with van der Waals surface area (Å²) in [6.45, 7) is 11.3. The van der Waals surface area contributed by atoms with Gasteiger partial charge in [0.25, 0.3) is 5.91 Å². The zero-order chi connectivity index (χ0) is 34.1. The lowest BCUT2D eigenvalue weighted by molar-refractivity contribution is -0.145. The Hall–Kier alpha value is -4.15. The molecule has 256 valence electrons. The Morgan fingerprint density at radius 2 is 1.44 bits per heavy atom. The van der Waals surface area contributed by atoms with Crippen LogP contribution in [0.1, 0.15) is 47.0 Å². The van der Waals surface area contributed by atoms with Crippen molar-refractivity contribution in [3.8, 4) is 5.75 Å². The molecule has 0 saturated carbocycles. The first-order chi connectivity index (χ1) is 23.3. The van der Waals surface area contributed by atoms with E-state index in [1.165, 1.54) is 0 Å². The molecule has 2 aromatic rings. The van der Waals surface area contributed by atoms with Crippen LogP contribution in [0.2, 0.25) is 0 Å². The summed E-state index contributed by atoms with van der Waals surface area (Å²) >= 11 is 0. The average Bonchev–Trinajstić information content (AvgIpc) is 3.38. The van der Waals surface area contributed by atoms with Gasteiger partial charge in [0.1, 0.15) is 17.4 Å². The number of aliphatic hydroxyl groups excluding tert-OH is 1. The standard InChI is InChI=1S/C38H48N4O6/c1-5-37-21-11-24-40(29-17-19-30(20-18-29)47-8-4)34(44)31(37)32-35(45)42(23-9-10-26-43)33-36(46)41(25-12-22-38(32,33)48-37)28-15-13-27(14-16-28)39(6-2)7-3/h11-22,31-33,43H,5-10,23-26H2,1-4H3/t31-,32+,33?,37+,38+/m1/s1. The highest BCUT2D eigenvalue weighted by Gasteiger charge is 2.75. The predicted octanol–water partition coefficient (Wildman–Crippen LogP) is 4.57. The first-order valence-electron chi connectivity index (χ1n) is 17.5. The van der Waals surface area contributed by atoms with Crippen LogP contribution in [0, 0.1) is 11.8 Å². The molecule has 6 rings (SSSR count). The van der Waals surface area contributed by atoms with Crippen molar-refractivity contribution in [2.45, 2.75) is 64.2 Å². The number of hydrogen-bond donors (Lipinski definition) is 1. The maximum absolute atomic E-state index is 14.8. The van der Waals surface area contributed by atoms with E-state index in [2.05, 4.69) is 18.7 Å². The van der Waals surface area contributed by atoms with E-state index in [0.717, 1.165) is 24.5 Å². The molecule has 1 unspecified atom stereocenters. The number of unbranched alkanes of at least 4 members (excludes halogenated alkanes) is 1. The molecule has 3 amide bonds. The average molecular weight is 657 g/mol. The van der Waals surface area contributed by atoms with Gasteiger partial charge in [-0.3, -0.25) is 14.4 Å². The van der Waals surface area contributed by atoms with Gasteiger partial charge in [-0.1, -0.05) is 31.2 Å². The minimum atomic E-state index is -1.34. The number of aliphatic hydroxyl groups is 1. The van der Waals surface area contributed by atoms with Crippen LogP contribution in [0.4, 0.5) is 17.1 Å². The molecule has 4 aliphatic heterocycles. The second-order valence-corrected chi connectivity index (χ2v) is 12.9. The lowest BCUT2D eigenvalue weighted by atomic mass is 9.73. The molecule has 2 aromatic carbocycles. The van der Waals surface area contributed by atoms with Gasteiger partial charge in [0.2, 0.25) is 11.8 Å². The van der Waals surface area contributed by atoms with Gasteiger partial charge in [0.15, 0.2) is 0 Å². The van der Waals surface area contributed by atoms with Crippen LogP contribution in [0.3, 0.4) is 0 Å². The number of amides is 3. The molecule has 5 atom stereocenters. The maximum atomic E-state index is 14.8. The zero-order valence-electron chi connectivity index (χ0n) is 28.5. The Kier molecular flexibility index (Phi) is 9.67. The molecular formula is C38H48N4O6. The number of rotatable bonds is 12. The largest absolute Gasteiger partial charge is 0.494 e. The second-order valence-electron chi connectivity index (χ2n) is 12.9. The summed E-state index contributed by atoms with van der Waals surface area (Å²) in [6.07, 6.45) is 9.17. The number of ether oxygens (including phenoxy) is 2. The number of anilines is 3. The number of nitrogens with zero attached hydrogens (tertiary/aromatic N) is 4. The van der Waals surface area contributed by atoms with E-state index < -0.39 is 29.1 Å². The molecule has 0 radical (unpaired) electrons. The first kappa shape index (κ1) is 33.7. The Morgan fingerprint density at radius 1 is 0.812 bits per heavy atom. The quantitative estimate of drug-likeness (QED) is 0.264. The van der Waals surface area contributed by atoms with Gasteiger partial charge in [-0.2, -0.15) is 0 Å². The molecular weight excluding hydrogens is 608 g/mol. The summed E-state index contributed by atoms with van der Waals surface area (Å²) in [5.41, 5.74) is 0.101. The van der Waals surface area contributed by atoms with Gasteiger partial charge in [-0.05, 0) is 88.6 Å². The normalized spacial score (nSPS) is 27.9. The summed E-state index contributed by atoms with van der Waals surface area (Å²) in [7, 11) is 0. The summed E-state index contributed by atoms with van der Waals surface area (Å²) in [5.74, 6) is -1.73. The van der Waals surface area contributed by atoms with Crippen molar-refractivity contribution in [1.29, 1.82) is 0 Å². The lowest BCUT2D eigenvalue weighted by Crippen LogP contribution is -2.56. The Morgan fingerprint density at radius 3 is 2.04 bits per heavy atom. The summed E-state index contributed by atoms with van der Waals surface area (Å²) in [6, 6.07) is 14.4. The van der Waals surface area contributed by atoms with Crippen molar-refractivity contribution >= 4 is 34.8 Å². The van der Waals surface area contributed by atoms with Crippen molar-refractivity contribution in [1.82, 2.24) is 4.90 Å². The van der Waals surface area contributed by atoms with Gasteiger partial charge < -0.3 is 34.2 Å². The van der Waals surface area contributed by atoms with E-state index in [0.29, 0.717) is 50.4 Å². The van der Waals surface area contributed by atoms with Crippen molar-refractivity contribution in [2.75, 3.05) is 60.6 Å². The smallest absolute Gasteiger partial charge is 0.253 e. The summed E-state index contributed by atoms with van der Waals surface area (Å²) in [5, 5.41) is 9.57. The number of carbonyl (C=O) groups is 3. The highest BCUT2D eigenvalue weighted by Crippen LogP contribution is 2.59. The predicted molar refractivity (Wildman–Crippen MR) is 186 cm³/mol. The van der Waals surface area contributed by atoms with E-state index in [9.17, 15) is 19.5 Å². The Bertz CT molecular complexity index is 1550. The van der Waals surface area contributed by atoms with Crippen molar-refractivity contribution in [2.24, 2.45) is 11.8 Å². The SMILES string of the molecule is CCOc1ccc(N2CC=C[C@]3(CC)O[C@]45C=CCN(c6ccc(N(CC)CC)cc6)C(=O)C4N(CCCCO)C(=O)[C@@H]5[C@@H]3C2=O)cc1.